The van der Waals surface area contributed by atoms with Gasteiger partial charge in [0, 0.05) is 35.8 Å². The number of benzene rings is 1. The molecule has 1 aliphatic heterocycles. The molecule has 1 amide bonds. The van der Waals surface area contributed by atoms with Gasteiger partial charge in [-0.25, -0.2) is 0 Å². The van der Waals surface area contributed by atoms with Gasteiger partial charge in [0.25, 0.3) is 5.91 Å². The Hall–Kier alpha value is -3.00. The summed E-state index contributed by atoms with van der Waals surface area (Å²) in [6, 6.07) is 8.21. The highest BCUT2D eigenvalue weighted by Crippen LogP contribution is 2.29. The average Bonchev–Trinajstić information content (AvgIpc) is 3.30. The molecule has 0 bridgehead atoms. The molecule has 0 radical (unpaired) electrons. The third kappa shape index (κ3) is 4.91. The number of carbonyl (C=O) groups excluding carboxylic acids is 1. The Balaban J connectivity index is 1.11. The number of hydrogen-bond acceptors (Lipinski definition) is 6. The summed E-state index contributed by atoms with van der Waals surface area (Å²) in [6.45, 7) is 2.90. The molecule has 3 heterocycles. The van der Waals surface area contributed by atoms with Crippen molar-refractivity contribution in [2.75, 3.05) is 13.1 Å². The fraction of sp³-hybridized carbons (Fsp3) is 0.500. The molecule has 32 heavy (non-hydrogen) atoms. The number of piperidine rings is 1. The van der Waals surface area contributed by atoms with E-state index in [1.54, 1.807) is 17.1 Å². The maximum Gasteiger partial charge on any atom is 0.273 e. The Morgan fingerprint density at radius 2 is 2.09 bits per heavy atom. The van der Waals surface area contributed by atoms with Gasteiger partial charge in [-0.3, -0.25) is 14.5 Å². The van der Waals surface area contributed by atoms with Gasteiger partial charge in [0.2, 0.25) is 0 Å². The Morgan fingerprint density at radius 1 is 1.19 bits per heavy atom. The molecule has 2 aromatic heterocycles. The van der Waals surface area contributed by atoms with Gasteiger partial charge in [-0.2, -0.15) is 0 Å². The third-order valence-electron chi connectivity index (χ3n) is 6.56. The Bertz CT molecular complexity index is 1050. The summed E-state index contributed by atoms with van der Waals surface area (Å²) >= 11 is 0. The Labute approximate surface area is 187 Å². The number of nitrogens with one attached hydrogen (secondary N) is 2. The van der Waals surface area contributed by atoms with E-state index in [0.717, 1.165) is 61.8 Å². The van der Waals surface area contributed by atoms with Crippen LogP contribution in [0.4, 0.5) is 0 Å². The van der Waals surface area contributed by atoms with Crippen LogP contribution >= 0.6 is 0 Å². The van der Waals surface area contributed by atoms with E-state index in [9.17, 15) is 4.79 Å². The number of ether oxygens (including phenoxy) is 1. The van der Waals surface area contributed by atoms with Crippen molar-refractivity contribution < 1.29 is 9.53 Å². The van der Waals surface area contributed by atoms with Crippen molar-refractivity contribution >= 4 is 16.7 Å². The van der Waals surface area contributed by atoms with Crippen LogP contribution < -0.4 is 15.4 Å². The number of carbonyl (C=O) groups is 1. The maximum atomic E-state index is 12.7. The molecule has 8 heteroatoms. The molecule has 1 saturated carbocycles. The molecule has 168 valence electrons. The molecular formula is C24H30N6O2. The highest BCUT2D eigenvalue weighted by Gasteiger charge is 2.25. The van der Waals surface area contributed by atoms with Crippen LogP contribution in [0.5, 0.6) is 5.75 Å². The minimum absolute atomic E-state index is 0.135. The molecule has 1 aromatic carbocycles. The normalized spacial score (nSPS) is 23.7. The van der Waals surface area contributed by atoms with E-state index in [0.29, 0.717) is 11.6 Å². The molecule has 1 aliphatic carbocycles. The molecule has 5 rings (SSSR count). The monoisotopic (exact) mass is 434 g/mol. The Kier molecular flexibility index (Phi) is 6.29. The van der Waals surface area contributed by atoms with Gasteiger partial charge in [-0.05, 0) is 69.7 Å². The molecule has 3 aromatic rings. The van der Waals surface area contributed by atoms with E-state index in [2.05, 4.69) is 25.9 Å². The average molecular weight is 435 g/mol. The number of amides is 1. The van der Waals surface area contributed by atoms with Crippen molar-refractivity contribution in [3.8, 4) is 5.75 Å². The summed E-state index contributed by atoms with van der Waals surface area (Å²) in [5.74, 6) is 1.32. The standard InChI is InChI=1S/C24H30N6O2/c31-24(22-16-30(29-28-22)15-17-3-2-11-25-13-17)27-19-6-8-20(9-7-19)32-23-5-1-4-18-14-26-12-10-21(18)23/h1,4-5,10,12,14,16-17,19-20,25H,2-3,6-9,11,13,15H2,(H,27,31). The van der Waals surface area contributed by atoms with Crippen LogP contribution in [0.3, 0.4) is 0 Å². The van der Waals surface area contributed by atoms with Crippen LogP contribution in [-0.4, -0.2) is 51.1 Å². The number of aromatic nitrogens is 4. The van der Waals surface area contributed by atoms with Crippen molar-refractivity contribution in [1.82, 2.24) is 30.6 Å². The second-order valence-electron chi connectivity index (χ2n) is 8.96. The van der Waals surface area contributed by atoms with Crippen molar-refractivity contribution in [3.05, 3.63) is 48.5 Å². The van der Waals surface area contributed by atoms with Crippen molar-refractivity contribution in [2.24, 2.45) is 5.92 Å². The molecule has 0 spiro atoms. The maximum absolute atomic E-state index is 12.7. The number of rotatable bonds is 6. The van der Waals surface area contributed by atoms with Crippen LogP contribution in [-0.2, 0) is 6.54 Å². The number of nitrogens with zero attached hydrogens (tertiary/aromatic N) is 4. The molecular weight excluding hydrogens is 404 g/mol. The summed E-state index contributed by atoms with van der Waals surface area (Å²) < 4.78 is 8.11. The van der Waals surface area contributed by atoms with E-state index in [-0.39, 0.29) is 18.1 Å². The predicted molar refractivity (Wildman–Crippen MR) is 121 cm³/mol. The molecule has 1 saturated heterocycles. The van der Waals surface area contributed by atoms with Crippen LogP contribution in [0.2, 0.25) is 0 Å². The zero-order chi connectivity index (χ0) is 21.8. The van der Waals surface area contributed by atoms with E-state index >= 15 is 0 Å². The second kappa shape index (κ2) is 9.65. The number of fused-ring (bicyclic) bond motifs is 1. The van der Waals surface area contributed by atoms with Crippen molar-refractivity contribution in [2.45, 2.75) is 57.2 Å². The van der Waals surface area contributed by atoms with Crippen LogP contribution in [0.15, 0.2) is 42.9 Å². The van der Waals surface area contributed by atoms with Gasteiger partial charge in [0.15, 0.2) is 5.69 Å². The van der Waals surface area contributed by atoms with Gasteiger partial charge in [0.1, 0.15) is 5.75 Å². The summed E-state index contributed by atoms with van der Waals surface area (Å²) in [4.78, 5) is 16.8. The lowest BCUT2D eigenvalue weighted by atomic mass is 9.92. The molecule has 1 unspecified atom stereocenters. The fourth-order valence-corrected chi connectivity index (χ4v) is 4.80. The van der Waals surface area contributed by atoms with Crippen molar-refractivity contribution in [3.63, 3.8) is 0 Å². The first-order chi connectivity index (χ1) is 15.7. The van der Waals surface area contributed by atoms with Gasteiger partial charge < -0.3 is 15.4 Å². The van der Waals surface area contributed by atoms with Gasteiger partial charge in [-0.1, -0.05) is 17.3 Å². The van der Waals surface area contributed by atoms with E-state index in [1.807, 2.05) is 30.5 Å². The lowest BCUT2D eigenvalue weighted by molar-refractivity contribution is 0.0890. The minimum Gasteiger partial charge on any atom is -0.490 e. The third-order valence-corrected chi connectivity index (χ3v) is 6.56. The largest absolute Gasteiger partial charge is 0.490 e. The zero-order valence-electron chi connectivity index (χ0n) is 18.2. The molecule has 2 N–H and O–H groups in total. The van der Waals surface area contributed by atoms with E-state index in [1.165, 1.54) is 12.8 Å². The molecule has 8 nitrogen and oxygen atoms in total. The summed E-state index contributed by atoms with van der Waals surface area (Å²) in [5, 5.41) is 17.0. The number of hydrogen-bond donors (Lipinski definition) is 2. The first kappa shape index (κ1) is 20.9. The Morgan fingerprint density at radius 3 is 2.94 bits per heavy atom. The first-order valence-corrected chi connectivity index (χ1v) is 11.7. The molecule has 2 fully saturated rings. The van der Waals surface area contributed by atoms with Crippen LogP contribution in [0.25, 0.3) is 10.8 Å². The smallest absolute Gasteiger partial charge is 0.273 e. The highest BCUT2D eigenvalue weighted by molar-refractivity contribution is 5.92. The lowest BCUT2D eigenvalue weighted by Crippen LogP contribution is -2.39. The quantitative estimate of drug-likeness (QED) is 0.620. The molecule has 2 aliphatic rings. The van der Waals surface area contributed by atoms with Gasteiger partial charge in [0.05, 0.1) is 12.3 Å². The number of pyridine rings is 1. The van der Waals surface area contributed by atoms with E-state index < -0.39 is 0 Å². The first-order valence-electron chi connectivity index (χ1n) is 11.7. The summed E-state index contributed by atoms with van der Waals surface area (Å²) in [5.41, 5.74) is 0.400. The highest BCUT2D eigenvalue weighted by atomic mass is 16.5. The summed E-state index contributed by atoms with van der Waals surface area (Å²) in [7, 11) is 0. The lowest BCUT2D eigenvalue weighted by Gasteiger charge is -2.29. The van der Waals surface area contributed by atoms with Crippen LogP contribution in [0, 0.1) is 5.92 Å². The van der Waals surface area contributed by atoms with Crippen molar-refractivity contribution in [1.29, 1.82) is 0 Å². The predicted octanol–water partition coefficient (Wildman–Crippen LogP) is 2.95. The van der Waals surface area contributed by atoms with E-state index in [4.69, 9.17) is 4.74 Å². The van der Waals surface area contributed by atoms with Crippen LogP contribution in [0.1, 0.15) is 49.0 Å². The topological polar surface area (TPSA) is 94.0 Å². The summed E-state index contributed by atoms with van der Waals surface area (Å²) in [6.07, 6.45) is 11.6. The second-order valence-corrected chi connectivity index (χ2v) is 8.96. The fourth-order valence-electron chi connectivity index (χ4n) is 4.80. The zero-order valence-corrected chi connectivity index (χ0v) is 18.2. The minimum atomic E-state index is -0.135. The molecule has 1 atom stereocenters. The van der Waals surface area contributed by atoms with Gasteiger partial charge >= 0.3 is 0 Å². The SMILES string of the molecule is O=C(NC1CCC(Oc2cccc3cnccc23)CC1)c1cn(CC2CCCNC2)nn1. The van der Waals surface area contributed by atoms with Gasteiger partial charge in [-0.15, -0.1) is 5.10 Å².